The van der Waals surface area contributed by atoms with E-state index in [4.69, 9.17) is 5.11 Å². The molecule has 0 spiro atoms. The zero-order chi connectivity index (χ0) is 13.0. The van der Waals surface area contributed by atoms with Crippen LogP contribution in [0.5, 0.6) is 0 Å². The normalized spacial score (nSPS) is 15.9. The van der Waals surface area contributed by atoms with E-state index in [2.05, 4.69) is 16.9 Å². The van der Waals surface area contributed by atoms with Crippen molar-refractivity contribution in [3.8, 4) is 0 Å². The molecule has 0 aromatic carbocycles. The van der Waals surface area contributed by atoms with Crippen molar-refractivity contribution in [3.63, 3.8) is 0 Å². The van der Waals surface area contributed by atoms with Gasteiger partial charge >= 0.3 is 5.97 Å². The average Bonchev–Trinajstić information content (AvgIpc) is 2.69. The molecule has 0 aliphatic heterocycles. The summed E-state index contributed by atoms with van der Waals surface area (Å²) in [6, 6.07) is 2.49. The van der Waals surface area contributed by atoms with Gasteiger partial charge in [-0.2, -0.15) is 5.10 Å². The Bertz CT molecular complexity index is 399. The van der Waals surface area contributed by atoms with Gasteiger partial charge in [0.25, 0.3) is 0 Å². The Morgan fingerprint density at radius 1 is 1.61 bits per heavy atom. The van der Waals surface area contributed by atoms with Crippen LogP contribution < -0.4 is 0 Å². The van der Waals surface area contributed by atoms with E-state index in [1.807, 2.05) is 16.9 Å². The van der Waals surface area contributed by atoms with Crippen LogP contribution in [0.25, 0.3) is 0 Å². The highest BCUT2D eigenvalue weighted by Crippen LogP contribution is 2.24. The number of aliphatic carboxylic acids is 1. The zero-order valence-electron chi connectivity index (χ0n) is 10.9. The van der Waals surface area contributed by atoms with Crippen molar-refractivity contribution in [1.82, 2.24) is 14.7 Å². The van der Waals surface area contributed by atoms with Crippen LogP contribution in [0.1, 0.15) is 31.9 Å². The van der Waals surface area contributed by atoms with Gasteiger partial charge in [-0.15, -0.1) is 0 Å². The molecular formula is C13H21N3O2. The molecule has 0 amide bonds. The van der Waals surface area contributed by atoms with Crippen LogP contribution in [-0.2, 0) is 17.8 Å². The van der Waals surface area contributed by atoms with Gasteiger partial charge in [0.2, 0.25) is 0 Å². The van der Waals surface area contributed by atoms with Crippen LogP contribution in [0.3, 0.4) is 0 Å². The Labute approximate surface area is 107 Å². The van der Waals surface area contributed by atoms with Gasteiger partial charge in [-0.1, -0.05) is 6.42 Å². The van der Waals surface area contributed by atoms with Gasteiger partial charge in [0.05, 0.1) is 6.54 Å². The Morgan fingerprint density at radius 2 is 2.39 bits per heavy atom. The largest absolute Gasteiger partial charge is 0.480 e. The molecule has 0 unspecified atom stereocenters. The summed E-state index contributed by atoms with van der Waals surface area (Å²) < 4.78 is 1.97. The van der Waals surface area contributed by atoms with Gasteiger partial charge < -0.3 is 5.11 Å². The summed E-state index contributed by atoms with van der Waals surface area (Å²) in [5.74, 6) is -0.731. The summed E-state index contributed by atoms with van der Waals surface area (Å²) in [5, 5.41) is 13.2. The van der Waals surface area contributed by atoms with E-state index >= 15 is 0 Å². The van der Waals surface area contributed by atoms with Crippen LogP contribution in [-0.4, -0.2) is 44.9 Å². The van der Waals surface area contributed by atoms with Gasteiger partial charge in [-0.25, -0.2) is 0 Å². The minimum atomic E-state index is -0.731. The monoisotopic (exact) mass is 251 g/mol. The van der Waals surface area contributed by atoms with Crippen LogP contribution in [0, 0.1) is 0 Å². The van der Waals surface area contributed by atoms with Gasteiger partial charge in [-0.05, 0) is 25.8 Å². The number of hydrogen-bond donors (Lipinski definition) is 1. The van der Waals surface area contributed by atoms with Crippen molar-refractivity contribution in [3.05, 3.63) is 18.0 Å². The third kappa shape index (κ3) is 3.10. The molecule has 1 saturated carbocycles. The molecule has 1 heterocycles. The van der Waals surface area contributed by atoms with Gasteiger partial charge in [0.1, 0.15) is 0 Å². The van der Waals surface area contributed by atoms with Gasteiger partial charge in [0.15, 0.2) is 0 Å². The van der Waals surface area contributed by atoms with Crippen molar-refractivity contribution >= 4 is 5.97 Å². The van der Waals surface area contributed by atoms with E-state index < -0.39 is 5.97 Å². The lowest BCUT2D eigenvalue weighted by Gasteiger charge is -2.36. The molecule has 0 bridgehead atoms. The minimum Gasteiger partial charge on any atom is -0.480 e. The number of aromatic nitrogens is 2. The molecule has 5 heteroatoms. The average molecular weight is 251 g/mol. The number of rotatable bonds is 7. The summed E-state index contributed by atoms with van der Waals surface area (Å²) in [4.78, 5) is 13.0. The highest BCUT2D eigenvalue weighted by molar-refractivity contribution is 5.69. The number of nitrogens with zero attached hydrogens (tertiary/aromatic N) is 3. The molecule has 0 saturated heterocycles. The topological polar surface area (TPSA) is 58.4 Å². The molecule has 2 rings (SSSR count). The Hall–Kier alpha value is -1.36. The number of carboxylic acid groups (broad SMARTS) is 1. The lowest BCUT2D eigenvalue weighted by molar-refractivity contribution is -0.139. The molecular weight excluding hydrogens is 230 g/mol. The third-order valence-electron chi connectivity index (χ3n) is 3.69. The second-order valence-electron chi connectivity index (χ2n) is 4.84. The maximum absolute atomic E-state index is 10.9. The summed E-state index contributed by atoms with van der Waals surface area (Å²) >= 11 is 0. The fourth-order valence-corrected chi connectivity index (χ4v) is 2.43. The molecule has 18 heavy (non-hydrogen) atoms. The van der Waals surface area contributed by atoms with Crippen LogP contribution in [0.4, 0.5) is 0 Å². The molecule has 1 aliphatic carbocycles. The summed E-state index contributed by atoms with van der Waals surface area (Å²) in [7, 11) is 0. The van der Waals surface area contributed by atoms with Crippen molar-refractivity contribution in [2.24, 2.45) is 0 Å². The van der Waals surface area contributed by atoms with Crippen LogP contribution in [0.15, 0.2) is 12.3 Å². The van der Waals surface area contributed by atoms with Crippen LogP contribution in [0.2, 0.25) is 0 Å². The summed E-state index contributed by atoms with van der Waals surface area (Å²) in [5.41, 5.74) is 1.19. The smallest absolute Gasteiger partial charge is 0.317 e. The lowest BCUT2D eigenvalue weighted by atomic mass is 9.91. The molecule has 1 fully saturated rings. The molecule has 1 aromatic heterocycles. The van der Waals surface area contributed by atoms with Gasteiger partial charge in [-0.3, -0.25) is 14.4 Å². The fourth-order valence-electron chi connectivity index (χ4n) is 2.43. The maximum atomic E-state index is 10.9. The Balaban J connectivity index is 1.90. The highest BCUT2D eigenvalue weighted by Gasteiger charge is 2.26. The van der Waals surface area contributed by atoms with Crippen molar-refractivity contribution < 1.29 is 9.90 Å². The molecule has 5 nitrogen and oxygen atoms in total. The Morgan fingerprint density at radius 3 is 2.94 bits per heavy atom. The first-order chi connectivity index (χ1) is 8.70. The van der Waals surface area contributed by atoms with E-state index in [9.17, 15) is 4.79 Å². The molecule has 0 radical (unpaired) electrons. The number of aryl methyl sites for hydroxylation is 1. The number of hydrogen-bond acceptors (Lipinski definition) is 3. The fraction of sp³-hybridized carbons (Fsp3) is 0.692. The Kier molecular flexibility index (Phi) is 4.36. The van der Waals surface area contributed by atoms with Crippen molar-refractivity contribution in [1.29, 1.82) is 0 Å². The predicted molar refractivity (Wildman–Crippen MR) is 68.5 cm³/mol. The quantitative estimate of drug-likeness (QED) is 0.795. The first-order valence-corrected chi connectivity index (χ1v) is 6.67. The van der Waals surface area contributed by atoms with E-state index in [1.165, 1.54) is 12.1 Å². The van der Waals surface area contributed by atoms with Gasteiger partial charge in [0, 0.05) is 37.4 Å². The third-order valence-corrected chi connectivity index (χ3v) is 3.69. The maximum Gasteiger partial charge on any atom is 0.317 e. The summed E-state index contributed by atoms with van der Waals surface area (Å²) in [6.07, 6.45) is 6.19. The molecule has 0 atom stereocenters. The van der Waals surface area contributed by atoms with E-state index in [-0.39, 0.29) is 6.54 Å². The second kappa shape index (κ2) is 6.00. The molecule has 100 valence electrons. The van der Waals surface area contributed by atoms with Crippen molar-refractivity contribution in [2.75, 3.05) is 13.1 Å². The number of carboxylic acids is 1. The first kappa shape index (κ1) is 13.1. The van der Waals surface area contributed by atoms with E-state index in [0.717, 1.165) is 32.4 Å². The molecule has 1 N–H and O–H groups in total. The predicted octanol–water partition coefficient (Wildman–Crippen LogP) is 1.38. The van der Waals surface area contributed by atoms with Crippen LogP contribution >= 0.6 is 0 Å². The van der Waals surface area contributed by atoms with E-state index in [0.29, 0.717) is 6.04 Å². The minimum absolute atomic E-state index is 0.158. The SMILES string of the molecule is CCn1nccc1CCN(CC(=O)O)C1CCC1. The van der Waals surface area contributed by atoms with Crippen molar-refractivity contribution in [2.45, 2.75) is 45.2 Å². The molecule has 1 aliphatic rings. The highest BCUT2D eigenvalue weighted by atomic mass is 16.4. The number of carbonyl (C=O) groups is 1. The summed E-state index contributed by atoms with van der Waals surface area (Å²) in [6.45, 7) is 3.90. The lowest BCUT2D eigenvalue weighted by Crippen LogP contribution is -2.44. The molecule has 1 aromatic rings. The first-order valence-electron chi connectivity index (χ1n) is 6.67. The standard InChI is InChI=1S/C13H21N3O2/c1-2-16-12(6-8-14-16)7-9-15(10-13(17)18)11-4-3-5-11/h6,8,11H,2-5,7,9-10H2,1H3,(H,17,18). The zero-order valence-corrected chi connectivity index (χ0v) is 10.9. The van der Waals surface area contributed by atoms with E-state index in [1.54, 1.807) is 0 Å². The second-order valence-corrected chi connectivity index (χ2v) is 4.84.